The minimum Gasteiger partial charge on any atom is -0.496 e. The summed E-state index contributed by atoms with van der Waals surface area (Å²) in [5, 5.41) is 11.1. The van der Waals surface area contributed by atoms with Crippen molar-refractivity contribution >= 4 is 21.6 Å². The lowest BCUT2D eigenvalue weighted by Crippen LogP contribution is -2.50. The molecule has 9 nitrogen and oxygen atoms in total. The summed E-state index contributed by atoms with van der Waals surface area (Å²) < 4.78 is 32.9. The molecule has 2 aromatic carbocycles. The van der Waals surface area contributed by atoms with E-state index in [9.17, 15) is 23.3 Å². The summed E-state index contributed by atoms with van der Waals surface area (Å²) >= 11 is 0. The fourth-order valence-electron chi connectivity index (χ4n) is 4.30. The average molecular weight is 460 g/mol. The first-order valence-corrected chi connectivity index (χ1v) is 12.0. The quantitative estimate of drug-likeness (QED) is 0.502. The Morgan fingerprint density at radius 2 is 1.69 bits per heavy atom. The van der Waals surface area contributed by atoms with Crippen LogP contribution >= 0.6 is 0 Å². The predicted octanol–water partition coefficient (Wildman–Crippen LogP) is 2.63. The highest BCUT2D eigenvalue weighted by atomic mass is 32.2. The number of piperazine rings is 1. The molecular weight excluding hydrogens is 434 g/mol. The van der Waals surface area contributed by atoms with Gasteiger partial charge in [-0.3, -0.25) is 14.9 Å². The first-order valence-electron chi connectivity index (χ1n) is 10.5. The number of aryl methyl sites for hydroxylation is 2. The highest BCUT2D eigenvalue weighted by Gasteiger charge is 2.32. The molecule has 2 aromatic rings. The number of amides is 1. The van der Waals surface area contributed by atoms with Crippen LogP contribution in [0.1, 0.15) is 34.3 Å². The van der Waals surface area contributed by atoms with Crippen LogP contribution in [0, 0.1) is 10.1 Å². The monoisotopic (exact) mass is 459 g/mol. The molecule has 1 aliphatic heterocycles. The number of hydrogen-bond donors (Lipinski definition) is 0. The number of carbonyl (C=O) groups excluding carboxylic acids is 1. The summed E-state index contributed by atoms with van der Waals surface area (Å²) in [5.41, 5.74) is 2.20. The molecule has 1 fully saturated rings. The molecule has 1 heterocycles. The van der Waals surface area contributed by atoms with Crippen LogP contribution in [0.15, 0.2) is 41.3 Å². The van der Waals surface area contributed by atoms with Crippen molar-refractivity contribution in [2.75, 3.05) is 33.3 Å². The lowest BCUT2D eigenvalue weighted by atomic mass is 9.92. The van der Waals surface area contributed by atoms with Crippen LogP contribution in [0.25, 0.3) is 0 Å². The number of carbonyl (C=O) groups is 1. The van der Waals surface area contributed by atoms with Gasteiger partial charge in [-0.2, -0.15) is 4.31 Å². The first-order chi connectivity index (χ1) is 15.3. The molecule has 4 rings (SSSR count). The molecule has 32 heavy (non-hydrogen) atoms. The summed E-state index contributed by atoms with van der Waals surface area (Å²) in [6, 6.07) is 9.23. The summed E-state index contributed by atoms with van der Waals surface area (Å²) in [6.07, 6.45) is 4.08. The number of nitrogens with zero attached hydrogens (tertiary/aromatic N) is 3. The van der Waals surface area contributed by atoms with Gasteiger partial charge in [0.15, 0.2) is 0 Å². The van der Waals surface area contributed by atoms with Crippen molar-refractivity contribution in [3.05, 3.63) is 63.2 Å². The Kier molecular flexibility index (Phi) is 6.16. The highest BCUT2D eigenvalue weighted by molar-refractivity contribution is 7.89. The Morgan fingerprint density at radius 3 is 2.34 bits per heavy atom. The molecule has 0 radical (unpaired) electrons. The number of benzene rings is 2. The molecule has 1 aliphatic carbocycles. The summed E-state index contributed by atoms with van der Waals surface area (Å²) in [6.45, 7) is 0.689. The third-order valence-corrected chi connectivity index (χ3v) is 8.00. The Hall–Kier alpha value is -2.98. The van der Waals surface area contributed by atoms with Crippen LogP contribution in [-0.2, 0) is 22.9 Å². The lowest BCUT2D eigenvalue weighted by molar-refractivity contribution is -0.384. The summed E-state index contributed by atoms with van der Waals surface area (Å²) in [4.78, 5) is 25.3. The first kappa shape index (κ1) is 22.2. The maximum absolute atomic E-state index is 13.2. The fourth-order valence-corrected chi connectivity index (χ4v) is 5.77. The van der Waals surface area contributed by atoms with Crippen molar-refractivity contribution < 1.29 is 22.9 Å². The number of methoxy groups -OCH3 is 1. The number of nitro groups is 1. The number of non-ortho nitro benzene ring substituents is 1. The summed E-state index contributed by atoms with van der Waals surface area (Å²) in [5.74, 6) is -0.180. The van der Waals surface area contributed by atoms with Crippen LogP contribution in [0.4, 0.5) is 5.69 Å². The van der Waals surface area contributed by atoms with Crippen molar-refractivity contribution in [2.24, 2.45) is 0 Å². The van der Waals surface area contributed by atoms with Gasteiger partial charge < -0.3 is 9.64 Å². The topological polar surface area (TPSA) is 110 Å². The predicted molar refractivity (Wildman–Crippen MR) is 117 cm³/mol. The number of hydrogen-bond acceptors (Lipinski definition) is 6. The van der Waals surface area contributed by atoms with Gasteiger partial charge in [0, 0.05) is 38.3 Å². The number of sulfonamides is 1. The van der Waals surface area contributed by atoms with Crippen molar-refractivity contribution in [1.29, 1.82) is 0 Å². The molecule has 0 N–H and O–H groups in total. The lowest BCUT2D eigenvalue weighted by Gasteiger charge is -2.34. The molecule has 1 saturated heterocycles. The van der Waals surface area contributed by atoms with Crippen LogP contribution in [0.3, 0.4) is 0 Å². The molecule has 0 saturated carbocycles. The van der Waals surface area contributed by atoms with Gasteiger partial charge in [-0.1, -0.05) is 6.07 Å². The smallest absolute Gasteiger partial charge is 0.270 e. The van der Waals surface area contributed by atoms with E-state index >= 15 is 0 Å². The van der Waals surface area contributed by atoms with E-state index in [1.807, 2.05) is 6.07 Å². The van der Waals surface area contributed by atoms with Gasteiger partial charge in [-0.25, -0.2) is 8.42 Å². The van der Waals surface area contributed by atoms with Gasteiger partial charge in [-0.15, -0.1) is 0 Å². The third kappa shape index (κ3) is 4.20. The SMILES string of the molecule is COc1ccc([N+](=O)[O-])cc1C(=O)N1CCN(S(=O)(=O)c2ccc3c(c2)CCCC3)CC1. The van der Waals surface area contributed by atoms with Crippen LogP contribution < -0.4 is 4.74 Å². The molecular formula is C22H25N3O6S. The van der Waals surface area contributed by atoms with E-state index in [4.69, 9.17) is 4.74 Å². The van der Waals surface area contributed by atoms with E-state index in [2.05, 4.69) is 0 Å². The molecule has 0 unspecified atom stereocenters. The van der Waals surface area contributed by atoms with E-state index in [1.165, 1.54) is 40.1 Å². The molecule has 0 aromatic heterocycles. The van der Waals surface area contributed by atoms with Gasteiger partial charge in [-0.05, 0) is 55.0 Å². The van der Waals surface area contributed by atoms with E-state index in [-0.39, 0.29) is 43.2 Å². The molecule has 0 spiro atoms. The van der Waals surface area contributed by atoms with Crippen molar-refractivity contribution in [1.82, 2.24) is 9.21 Å². The normalized spacial score (nSPS) is 17.0. The minimum atomic E-state index is -3.66. The van der Waals surface area contributed by atoms with E-state index in [0.717, 1.165) is 31.2 Å². The van der Waals surface area contributed by atoms with E-state index in [0.29, 0.717) is 4.90 Å². The number of rotatable bonds is 5. The molecule has 0 atom stereocenters. The van der Waals surface area contributed by atoms with Crippen molar-refractivity contribution in [3.63, 3.8) is 0 Å². The molecule has 10 heteroatoms. The van der Waals surface area contributed by atoms with Gasteiger partial charge in [0.05, 0.1) is 22.5 Å². The second-order valence-electron chi connectivity index (χ2n) is 7.98. The molecule has 2 aliphatic rings. The van der Waals surface area contributed by atoms with Crippen molar-refractivity contribution in [3.8, 4) is 5.75 Å². The zero-order valence-electron chi connectivity index (χ0n) is 17.8. The standard InChI is InChI=1S/C22H25N3O6S/c1-31-21-9-7-18(25(27)28)15-20(21)22(26)23-10-12-24(13-11-23)32(29,30)19-8-6-16-4-2-3-5-17(16)14-19/h6-9,14-15H,2-5,10-13H2,1H3. The van der Waals surface area contributed by atoms with Crippen LogP contribution in [-0.4, -0.2) is 61.7 Å². The van der Waals surface area contributed by atoms with Gasteiger partial charge >= 0.3 is 0 Å². The average Bonchev–Trinajstić information content (AvgIpc) is 2.82. The largest absolute Gasteiger partial charge is 0.496 e. The molecule has 0 bridgehead atoms. The highest BCUT2D eigenvalue weighted by Crippen LogP contribution is 2.28. The minimum absolute atomic E-state index is 0.0905. The Morgan fingerprint density at radius 1 is 1.00 bits per heavy atom. The number of fused-ring (bicyclic) bond motifs is 1. The Labute approximate surface area is 186 Å². The van der Waals surface area contributed by atoms with Gasteiger partial charge in [0.1, 0.15) is 5.75 Å². The second kappa shape index (κ2) is 8.87. The van der Waals surface area contributed by atoms with E-state index < -0.39 is 20.9 Å². The maximum Gasteiger partial charge on any atom is 0.270 e. The van der Waals surface area contributed by atoms with E-state index in [1.54, 1.807) is 12.1 Å². The van der Waals surface area contributed by atoms with Crippen molar-refractivity contribution in [2.45, 2.75) is 30.6 Å². The Balaban J connectivity index is 1.49. The second-order valence-corrected chi connectivity index (χ2v) is 9.91. The summed E-state index contributed by atoms with van der Waals surface area (Å²) in [7, 11) is -2.27. The van der Waals surface area contributed by atoms with Crippen LogP contribution in [0.2, 0.25) is 0 Å². The van der Waals surface area contributed by atoms with Gasteiger partial charge in [0.25, 0.3) is 11.6 Å². The zero-order chi connectivity index (χ0) is 22.9. The fraction of sp³-hybridized carbons (Fsp3) is 0.409. The molecule has 1 amide bonds. The number of ether oxygens (including phenoxy) is 1. The third-order valence-electron chi connectivity index (χ3n) is 6.11. The maximum atomic E-state index is 13.2. The molecule has 170 valence electrons. The number of nitro benzene ring substituents is 1. The van der Waals surface area contributed by atoms with Crippen LogP contribution in [0.5, 0.6) is 5.75 Å². The zero-order valence-corrected chi connectivity index (χ0v) is 18.6. The Bertz CT molecular complexity index is 1160. The van der Waals surface area contributed by atoms with Gasteiger partial charge in [0.2, 0.25) is 10.0 Å².